The van der Waals surface area contributed by atoms with Gasteiger partial charge in [0, 0.05) is 30.2 Å². The molecule has 0 radical (unpaired) electrons. The number of aliphatic hydroxyl groups excluding tert-OH is 1. The van der Waals surface area contributed by atoms with E-state index in [1.807, 2.05) is 73.3 Å². The maximum absolute atomic E-state index is 12.4. The highest BCUT2D eigenvalue weighted by atomic mass is 16.3. The topological polar surface area (TPSA) is 54.3 Å². The first-order valence-electron chi connectivity index (χ1n) is 8.60. The number of aryl methyl sites for hydroxylation is 1. The summed E-state index contributed by atoms with van der Waals surface area (Å²) in [6.07, 6.45) is 2.26. The van der Waals surface area contributed by atoms with Crippen LogP contribution in [0.25, 0.3) is 10.9 Å². The molecule has 2 unspecified atom stereocenters. The number of nitrogens with zero attached hydrogens (tertiary/aromatic N) is 1. The fraction of sp³-hybridized carbons (Fsp3) is 0.286. The summed E-state index contributed by atoms with van der Waals surface area (Å²) in [6, 6.07) is 17.5. The van der Waals surface area contributed by atoms with Crippen molar-refractivity contribution in [2.75, 3.05) is 0 Å². The van der Waals surface area contributed by atoms with Crippen molar-refractivity contribution in [3.05, 3.63) is 71.9 Å². The molecule has 0 saturated carbocycles. The Balaban J connectivity index is 1.60. The number of amides is 1. The van der Waals surface area contributed by atoms with E-state index in [4.69, 9.17) is 0 Å². The Morgan fingerprint density at radius 1 is 1.12 bits per heavy atom. The molecule has 2 aromatic carbocycles. The fourth-order valence-corrected chi connectivity index (χ4v) is 3.27. The lowest BCUT2D eigenvalue weighted by Crippen LogP contribution is -2.34. The first-order chi connectivity index (χ1) is 12.0. The van der Waals surface area contributed by atoms with Crippen molar-refractivity contribution >= 4 is 16.8 Å². The van der Waals surface area contributed by atoms with Crippen LogP contribution in [0.4, 0.5) is 0 Å². The van der Waals surface area contributed by atoms with Crippen molar-refractivity contribution < 1.29 is 9.90 Å². The van der Waals surface area contributed by atoms with Crippen LogP contribution in [0, 0.1) is 0 Å². The molecule has 1 amide bonds. The van der Waals surface area contributed by atoms with E-state index in [0.717, 1.165) is 22.0 Å². The third-order valence-corrected chi connectivity index (χ3v) is 4.50. The lowest BCUT2D eigenvalue weighted by molar-refractivity contribution is -0.121. The number of hydrogen-bond donors (Lipinski definition) is 2. The monoisotopic (exact) mass is 336 g/mol. The number of carbonyl (C=O) groups excluding carboxylic acids is 1. The second-order valence-corrected chi connectivity index (χ2v) is 6.59. The largest absolute Gasteiger partial charge is 0.388 e. The summed E-state index contributed by atoms with van der Waals surface area (Å²) in [5, 5.41) is 14.4. The molecular formula is C21H24N2O2. The number of para-hydroxylation sites is 1. The van der Waals surface area contributed by atoms with Crippen LogP contribution in [0.2, 0.25) is 0 Å². The van der Waals surface area contributed by atoms with Crippen LogP contribution in [0.15, 0.2) is 60.8 Å². The molecule has 3 aromatic rings. The predicted octanol–water partition coefficient (Wildman–Crippen LogP) is 3.35. The zero-order chi connectivity index (χ0) is 17.8. The van der Waals surface area contributed by atoms with Gasteiger partial charge >= 0.3 is 0 Å². The smallest absolute Gasteiger partial charge is 0.224 e. The molecule has 0 fully saturated rings. The maximum Gasteiger partial charge on any atom is 0.224 e. The van der Waals surface area contributed by atoms with Gasteiger partial charge in [0.05, 0.1) is 12.5 Å². The minimum atomic E-state index is -0.575. The van der Waals surface area contributed by atoms with Gasteiger partial charge in [-0.25, -0.2) is 0 Å². The van der Waals surface area contributed by atoms with Crippen LogP contribution in [0.5, 0.6) is 0 Å². The van der Waals surface area contributed by atoms with Gasteiger partial charge in [-0.05, 0) is 30.5 Å². The van der Waals surface area contributed by atoms with E-state index in [1.165, 1.54) is 0 Å². The zero-order valence-corrected chi connectivity index (χ0v) is 14.6. The molecule has 25 heavy (non-hydrogen) atoms. The van der Waals surface area contributed by atoms with E-state index in [-0.39, 0.29) is 11.9 Å². The minimum absolute atomic E-state index is 0.0240. The maximum atomic E-state index is 12.4. The van der Waals surface area contributed by atoms with Crippen LogP contribution >= 0.6 is 0 Å². The predicted molar refractivity (Wildman–Crippen MR) is 100 cm³/mol. The summed E-state index contributed by atoms with van der Waals surface area (Å²) in [6.45, 7) is 1.92. The van der Waals surface area contributed by atoms with E-state index in [0.29, 0.717) is 12.8 Å². The average molecular weight is 336 g/mol. The fourth-order valence-electron chi connectivity index (χ4n) is 3.27. The summed E-state index contributed by atoms with van der Waals surface area (Å²) in [4.78, 5) is 12.4. The van der Waals surface area contributed by atoms with Crippen molar-refractivity contribution in [3.8, 4) is 0 Å². The van der Waals surface area contributed by atoms with Gasteiger partial charge in [-0.1, -0.05) is 48.5 Å². The highest BCUT2D eigenvalue weighted by molar-refractivity contribution is 5.89. The van der Waals surface area contributed by atoms with Crippen molar-refractivity contribution in [2.24, 2.45) is 7.05 Å². The third-order valence-electron chi connectivity index (χ3n) is 4.50. The molecule has 0 aliphatic rings. The molecule has 1 aromatic heterocycles. The van der Waals surface area contributed by atoms with Crippen LogP contribution in [0.3, 0.4) is 0 Å². The summed E-state index contributed by atoms with van der Waals surface area (Å²) >= 11 is 0. The quantitative estimate of drug-likeness (QED) is 0.725. The van der Waals surface area contributed by atoms with Crippen LogP contribution in [-0.2, 0) is 18.3 Å². The molecule has 4 heteroatoms. The lowest BCUT2D eigenvalue weighted by Gasteiger charge is -2.18. The van der Waals surface area contributed by atoms with Gasteiger partial charge < -0.3 is 15.0 Å². The van der Waals surface area contributed by atoms with Crippen molar-refractivity contribution in [2.45, 2.75) is 31.9 Å². The SMILES string of the molecule is CC(CC(O)c1ccccc1)NC(=O)Cc1cn(C)c2ccccc12. The molecule has 4 nitrogen and oxygen atoms in total. The van der Waals surface area contributed by atoms with Crippen molar-refractivity contribution in [1.82, 2.24) is 9.88 Å². The van der Waals surface area contributed by atoms with Gasteiger partial charge in [0.2, 0.25) is 5.91 Å². The van der Waals surface area contributed by atoms with Gasteiger partial charge in [-0.2, -0.15) is 0 Å². The van der Waals surface area contributed by atoms with Crippen LogP contribution in [0.1, 0.15) is 30.6 Å². The van der Waals surface area contributed by atoms with E-state index >= 15 is 0 Å². The van der Waals surface area contributed by atoms with Gasteiger partial charge in [0.25, 0.3) is 0 Å². The second kappa shape index (κ2) is 7.53. The molecule has 0 aliphatic carbocycles. The first-order valence-corrected chi connectivity index (χ1v) is 8.60. The molecule has 2 N–H and O–H groups in total. The van der Waals surface area contributed by atoms with Crippen LogP contribution < -0.4 is 5.32 Å². The van der Waals surface area contributed by atoms with Crippen molar-refractivity contribution in [3.63, 3.8) is 0 Å². The Labute approximate surface area is 148 Å². The van der Waals surface area contributed by atoms with E-state index < -0.39 is 6.10 Å². The number of fused-ring (bicyclic) bond motifs is 1. The Morgan fingerprint density at radius 2 is 1.80 bits per heavy atom. The van der Waals surface area contributed by atoms with E-state index in [1.54, 1.807) is 0 Å². The number of rotatable bonds is 6. The van der Waals surface area contributed by atoms with Crippen molar-refractivity contribution in [1.29, 1.82) is 0 Å². The number of aromatic nitrogens is 1. The molecule has 0 aliphatic heterocycles. The second-order valence-electron chi connectivity index (χ2n) is 6.59. The number of benzene rings is 2. The zero-order valence-electron chi connectivity index (χ0n) is 14.6. The normalized spacial score (nSPS) is 13.6. The summed E-state index contributed by atoms with van der Waals surface area (Å²) in [5.74, 6) is -0.0240. The third kappa shape index (κ3) is 4.09. The van der Waals surface area contributed by atoms with E-state index in [9.17, 15) is 9.90 Å². The molecule has 0 spiro atoms. The van der Waals surface area contributed by atoms with Gasteiger partial charge in [-0.15, -0.1) is 0 Å². The summed E-state index contributed by atoms with van der Waals surface area (Å²) in [5.41, 5.74) is 3.02. The number of hydrogen-bond acceptors (Lipinski definition) is 2. The molecule has 3 rings (SSSR count). The number of nitrogens with one attached hydrogen (secondary N) is 1. The lowest BCUT2D eigenvalue weighted by atomic mass is 10.0. The summed E-state index contributed by atoms with van der Waals surface area (Å²) in [7, 11) is 1.99. The Morgan fingerprint density at radius 3 is 2.56 bits per heavy atom. The van der Waals surface area contributed by atoms with Crippen LogP contribution in [-0.4, -0.2) is 21.6 Å². The molecule has 0 saturated heterocycles. The number of carbonyl (C=O) groups is 1. The number of aliphatic hydroxyl groups is 1. The minimum Gasteiger partial charge on any atom is -0.388 e. The Kier molecular flexibility index (Phi) is 5.19. The van der Waals surface area contributed by atoms with Gasteiger partial charge in [0.1, 0.15) is 0 Å². The Hall–Kier alpha value is -2.59. The highest BCUT2D eigenvalue weighted by Gasteiger charge is 2.16. The van der Waals surface area contributed by atoms with E-state index in [2.05, 4.69) is 11.4 Å². The Bertz CT molecular complexity index is 855. The molecule has 0 bridgehead atoms. The van der Waals surface area contributed by atoms with Gasteiger partial charge in [0.15, 0.2) is 0 Å². The highest BCUT2D eigenvalue weighted by Crippen LogP contribution is 2.21. The standard InChI is InChI=1S/C21H24N2O2/c1-15(12-20(24)16-8-4-3-5-9-16)22-21(25)13-17-14-23(2)19-11-7-6-10-18(17)19/h3-11,14-15,20,24H,12-13H2,1-2H3,(H,22,25). The molecule has 130 valence electrons. The molecule has 2 atom stereocenters. The average Bonchev–Trinajstić information content (AvgIpc) is 2.91. The first kappa shape index (κ1) is 17.2. The molecule has 1 heterocycles. The molecular weight excluding hydrogens is 312 g/mol. The summed E-state index contributed by atoms with van der Waals surface area (Å²) < 4.78 is 2.04. The van der Waals surface area contributed by atoms with Gasteiger partial charge in [-0.3, -0.25) is 4.79 Å².